The molecule has 0 fully saturated rings. The molecule has 1 unspecified atom stereocenters. The molecule has 1 aromatic rings. The highest BCUT2D eigenvalue weighted by Crippen LogP contribution is 2.14. The summed E-state index contributed by atoms with van der Waals surface area (Å²) >= 11 is 3.58. The van der Waals surface area contributed by atoms with E-state index in [2.05, 4.69) is 43.5 Å². The monoisotopic (exact) mass is 271 g/mol. The average molecular weight is 272 g/mol. The van der Waals surface area contributed by atoms with Crippen molar-refractivity contribution in [2.24, 2.45) is 5.92 Å². The van der Waals surface area contributed by atoms with Crippen molar-refractivity contribution < 1.29 is 0 Å². The predicted octanol–water partition coefficient (Wildman–Crippen LogP) is 2.12. The molecule has 1 aromatic heterocycles. The number of rotatable bonds is 4. The molecular formula is C11H18BrN3. The molecule has 15 heavy (non-hydrogen) atoms. The number of nitrogens with zero attached hydrogens (tertiary/aromatic N) is 3. The molecular weight excluding hydrogens is 254 g/mol. The first kappa shape index (κ1) is 11.1. The van der Waals surface area contributed by atoms with Crippen molar-refractivity contribution in [3.05, 3.63) is 18.2 Å². The Kier molecular flexibility index (Phi) is 3.81. The highest BCUT2D eigenvalue weighted by atomic mass is 79.9. The standard InChI is InChI=1S/C11H18BrN3/c1-2-10(7-12)8-14-5-6-15-4-3-13-11(15)9-14/h3-4,10H,2,5-9H2,1H3. The van der Waals surface area contributed by atoms with Crippen molar-refractivity contribution in [3.8, 4) is 0 Å². The SMILES string of the molecule is CCC(CBr)CN1CCn2ccnc2C1. The number of alkyl halides is 1. The van der Waals surface area contributed by atoms with E-state index in [1.807, 2.05) is 6.20 Å². The van der Waals surface area contributed by atoms with Gasteiger partial charge in [-0.3, -0.25) is 4.90 Å². The van der Waals surface area contributed by atoms with Gasteiger partial charge in [0.2, 0.25) is 0 Å². The number of aromatic nitrogens is 2. The molecule has 0 saturated heterocycles. The molecule has 0 radical (unpaired) electrons. The van der Waals surface area contributed by atoms with Crippen LogP contribution < -0.4 is 0 Å². The van der Waals surface area contributed by atoms with Crippen LogP contribution in [0.15, 0.2) is 12.4 Å². The summed E-state index contributed by atoms with van der Waals surface area (Å²) < 4.78 is 2.26. The van der Waals surface area contributed by atoms with Gasteiger partial charge in [0, 0.05) is 37.4 Å². The van der Waals surface area contributed by atoms with Gasteiger partial charge in [-0.25, -0.2) is 4.98 Å². The van der Waals surface area contributed by atoms with Crippen LogP contribution in [0.1, 0.15) is 19.2 Å². The first-order valence-corrected chi connectivity index (χ1v) is 6.74. The average Bonchev–Trinajstić information content (AvgIpc) is 2.73. The van der Waals surface area contributed by atoms with Crippen LogP contribution in [0.5, 0.6) is 0 Å². The Labute approximate surface area is 99.6 Å². The lowest BCUT2D eigenvalue weighted by atomic mass is 10.1. The molecule has 4 heteroatoms. The van der Waals surface area contributed by atoms with Gasteiger partial charge in [-0.1, -0.05) is 29.3 Å². The van der Waals surface area contributed by atoms with Crippen molar-refractivity contribution in [2.75, 3.05) is 18.4 Å². The van der Waals surface area contributed by atoms with E-state index < -0.39 is 0 Å². The second-order valence-corrected chi connectivity index (χ2v) is 4.85. The van der Waals surface area contributed by atoms with Crippen molar-refractivity contribution in [3.63, 3.8) is 0 Å². The molecule has 0 aliphatic carbocycles. The summed E-state index contributed by atoms with van der Waals surface area (Å²) in [5.41, 5.74) is 0. The third kappa shape index (κ3) is 2.61. The van der Waals surface area contributed by atoms with Gasteiger partial charge in [0.25, 0.3) is 0 Å². The second-order valence-electron chi connectivity index (χ2n) is 4.20. The molecule has 0 N–H and O–H groups in total. The van der Waals surface area contributed by atoms with E-state index in [-0.39, 0.29) is 0 Å². The van der Waals surface area contributed by atoms with E-state index in [0.29, 0.717) is 0 Å². The minimum absolute atomic E-state index is 0.770. The van der Waals surface area contributed by atoms with Gasteiger partial charge < -0.3 is 4.57 Å². The summed E-state index contributed by atoms with van der Waals surface area (Å²) in [6, 6.07) is 0. The third-order valence-corrected chi connectivity index (χ3v) is 4.05. The molecule has 2 heterocycles. The highest BCUT2D eigenvalue weighted by molar-refractivity contribution is 9.09. The maximum absolute atomic E-state index is 4.38. The molecule has 0 saturated carbocycles. The van der Waals surface area contributed by atoms with Crippen molar-refractivity contribution in [2.45, 2.75) is 26.4 Å². The van der Waals surface area contributed by atoms with E-state index in [4.69, 9.17) is 0 Å². The van der Waals surface area contributed by atoms with Crippen LogP contribution in [-0.4, -0.2) is 32.9 Å². The van der Waals surface area contributed by atoms with E-state index >= 15 is 0 Å². The molecule has 0 amide bonds. The lowest BCUT2D eigenvalue weighted by Crippen LogP contribution is -2.37. The zero-order chi connectivity index (χ0) is 10.7. The van der Waals surface area contributed by atoms with Gasteiger partial charge in [-0.15, -0.1) is 0 Å². The Morgan fingerprint density at radius 1 is 1.53 bits per heavy atom. The van der Waals surface area contributed by atoms with E-state index in [0.717, 1.165) is 30.9 Å². The van der Waals surface area contributed by atoms with E-state index in [1.165, 1.54) is 18.8 Å². The Hall–Kier alpha value is -0.350. The zero-order valence-electron chi connectivity index (χ0n) is 9.19. The van der Waals surface area contributed by atoms with Crippen LogP contribution in [0.2, 0.25) is 0 Å². The maximum Gasteiger partial charge on any atom is 0.122 e. The fourth-order valence-corrected chi connectivity index (χ4v) is 2.69. The van der Waals surface area contributed by atoms with Crippen LogP contribution in [0.25, 0.3) is 0 Å². The molecule has 3 nitrogen and oxygen atoms in total. The molecule has 1 aliphatic rings. The first-order chi connectivity index (χ1) is 7.33. The quantitative estimate of drug-likeness (QED) is 0.783. The number of hydrogen-bond donors (Lipinski definition) is 0. The fraction of sp³-hybridized carbons (Fsp3) is 0.727. The molecule has 0 bridgehead atoms. The van der Waals surface area contributed by atoms with Crippen LogP contribution in [-0.2, 0) is 13.1 Å². The van der Waals surface area contributed by atoms with Gasteiger partial charge in [-0.05, 0) is 5.92 Å². The van der Waals surface area contributed by atoms with Crippen molar-refractivity contribution >= 4 is 15.9 Å². The summed E-state index contributed by atoms with van der Waals surface area (Å²) in [4.78, 5) is 6.89. The lowest BCUT2D eigenvalue weighted by Gasteiger charge is -2.30. The molecule has 1 atom stereocenters. The van der Waals surface area contributed by atoms with Crippen LogP contribution in [0, 0.1) is 5.92 Å². The summed E-state index contributed by atoms with van der Waals surface area (Å²) in [5, 5.41) is 1.11. The topological polar surface area (TPSA) is 21.1 Å². The van der Waals surface area contributed by atoms with Gasteiger partial charge >= 0.3 is 0 Å². The van der Waals surface area contributed by atoms with E-state index in [1.54, 1.807) is 0 Å². The summed E-state index contributed by atoms with van der Waals surface area (Å²) in [6.45, 7) is 6.71. The molecule has 84 valence electrons. The van der Waals surface area contributed by atoms with Crippen molar-refractivity contribution in [1.29, 1.82) is 0 Å². The highest BCUT2D eigenvalue weighted by Gasteiger charge is 2.18. The largest absolute Gasteiger partial charge is 0.333 e. The Morgan fingerprint density at radius 2 is 2.40 bits per heavy atom. The van der Waals surface area contributed by atoms with Crippen LogP contribution >= 0.6 is 15.9 Å². The Balaban J connectivity index is 1.92. The number of fused-ring (bicyclic) bond motifs is 1. The predicted molar refractivity (Wildman–Crippen MR) is 65.1 cm³/mol. The Morgan fingerprint density at radius 3 is 3.13 bits per heavy atom. The number of imidazole rings is 1. The van der Waals surface area contributed by atoms with Crippen LogP contribution in [0.3, 0.4) is 0 Å². The molecule has 0 spiro atoms. The fourth-order valence-electron chi connectivity index (χ4n) is 2.03. The number of halogens is 1. The van der Waals surface area contributed by atoms with Gasteiger partial charge in [0.1, 0.15) is 5.82 Å². The van der Waals surface area contributed by atoms with E-state index in [9.17, 15) is 0 Å². The summed E-state index contributed by atoms with van der Waals surface area (Å²) in [6.07, 6.45) is 5.23. The molecule has 1 aliphatic heterocycles. The smallest absolute Gasteiger partial charge is 0.122 e. The second kappa shape index (κ2) is 5.12. The lowest BCUT2D eigenvalue weighted by molar-refractivity contribution is 0.190. The van der Waals surface area contributed by atoms with Crippen LogP contribution in [0.4, 0.5) is 0 Å². The van der Waals surface area contributed by atoms with Gasteiger partial charge in [0.15, 0.2) is 0 Å². The Bertz CT molecular complexity index is 307. The minimum Gasteiger partial charge on any atom is -0.333 e. The van der Waals surface area contributed by atoms with Gasteiger partial charge in [-0.2, -0.15) is 0 Å². The molecule has 2 rings (SSSR count). The molecule has 0 aromatic carbocycles. The normalized spacial score (nSPS) is 18.8. The third-order valence-electron chi connectivity index (χ3n) is 3.14. The number of hydrogen-bond acceptors (Lipinski definition) is 2. The first-order valence-electron chi connectivity index (χ1n) is 5.61. The zero-order valence-corrected chi connectivity index (χ0v) is 10.8. The summed E-state index contributed by atoms with van der Waals surface area (Å²) in [5.74, 6) is 1.98. The van der Waals surface area contributed by atoms with Crippen molar-refractivity contribution in [1.82, 2.24) is 14.5 Å². The van der Waals surface area contributed by atoms with Gasteiger partial charge in [0.05, 0.1) is 6.54 Å². The minimum atomic E-state index is 0.770. The summed E-state index contributed by atoms with van der Waals surface area (Å²) in [7, 11) is 0. The maximum atomic E-state index is 4.38.